The molecule has 0 bridgehead atoms. The van der Waals surface area contributed by atoms with Crippen molar-refractivity contribution in [1.82, 2.24) is 19.7 Å². The number of rotatable bonds is 3. The smallest absolute Gasteiger partial charge is 0.229 e. The average Bonchev–Trinajstić information content (AvgIpc) is 3.15. The van der Waals surface area contributed by atoms with Crippen LogP contribution in [0.1, 0.15) is 48.9 Å². The van der Waals surface area contributed by atoms with Crippen molar-refractivity contribution in [2.24, 2.45) is 0 Å². The van der Waals surface area contributed by atoms with Gasteiger partial charge in [0.15, 0.2) is 0 Å². The summed E-state index contributed by atoms with van der Waals surface area (Å²) in [6, 6.07) is 2.29. The average molecular weight is 318 g/mol. The number of carbonyl (C=O) groups is 1. The molecule has 2 atom stereocenters. The molecular weight excluding hydrogens is 296 g/mol. The Hall–Kier alpha value is -1.69. The summed E-state index contributed by atoms with van der Waals surface area (Å²) in [4.78, 5) is 19.1. The van der Waals surface area contributed by atoms with Crippen molar-refractivity contribution < 1.29 is 4.79 Å². The lowest BCUT2D eigenvalue weighted by atomic mass is 9.99. The van der Waals surface area contributed by atoms with E-state index < -0.39 is 0 Å². The Morgan fingerprint density at radius 2 is 2.27 bits per heavy atom. The third-order valence-electron chi connectivity index (χ3n) is 4.38. The molecule has 1 aliphatic heterocycles. The van der Waals surface area contributed by atoms with Crippen LogP contribution in [0, 0.1) is 13.8 Å². The molecule has 1 fully saturated rings. The molecule has 2 unspecified atom stereocenters. The van der Waals surface area contributed by atoms with Crippen LogP contribution in [0.25, 0.3) is 0 Å². The largest absolute Gasteiger partial charge is 0.340 e. The summed E-state index contributed by atoms with van der Waals surface area (Å²) in [6.45, 7) is 7.47. The van der Waals surface area contributed by atoms with E-state index >= 15 is 0 Å². The van der Waals surface area contributed by atoms with Gasteiger partial charge in [0.1, 0.15) is 11.6 Å². The lowest BCUT2D eigenvalue weighted by molar-refractivity contribution is -0.134. The number of carbonyl (C=O) groups excluding carboxylic acids is 1. The number of piperidine rings is 1. The second kappa shape index (κ2) is 6.20. The first-order chi connectivity index (χ1) is 10.6. The van der Waals surface area contributed by atoms with Gasteiger partial charge in [-0.25, -0.2) is 9.67 Å². The molecule has 1 saturated heterocycles. The molecule has 0 spiro atoms. The monoisotopic (exact) mass is 318 g/mol. The summed E-state index contributed by atoms with van der Waals surface area (Å²) in [6.07, 6.45) is 2.07. The molecule has 0 aliphatic carbocycles. The van der Waals surface area contributed by atoms with E-state index in [-0.39, 0.29) is 17.9 Å². The molecule has 0 N–H and O–H groups in total. The van der Waals surface area contributed by atoms with E-state index in [0.717, 1.165) is 43.1 Å². The van der Waals surface area contributed by atoms with Crippen LogP contribution < -0.4 is 0 Å². The van der Waals surface area contributed by atoms with Crippen LogP contribution in [-0.2, 0) is 4.79 Å². The molecule has 118 valence electrons. The number of hydrogen-bond donors (Lipinski definition) is 0. The maximum absolute atomic E-state index is 12.7. The first-order valence-electron chi connectivity index (χ1n) is 7.77. The van der Waals surface area contributed by atoms with Gasteiger partial charge in [-0.15, -0.1) is 0 Å². The standard InChI is InChI=1S/C16H22N4OS/c1-11(14-6-8-22-10-14)16(21)19-7-4-5-15(9-19)20-13(3)17-12(2)18-20/h6,8,10-11,15H,4-5,7,9H2,1-3H3. The molecule has 6 heteroatoms. The molecule has 2 aromatic heterocycles. The zero-order chi connectivity index (χ0) is 15.7. The van der Waals surface area contributed by atoms with Gasteiger partial charge in [0.25, 0.3) is 0 Å². The Balaban J connectivity index is 1.73. The van der Waals surface area contributed by atoms with Crippen molar-refractivity contribution in [1.29, 1.82) is 0 Å². The Morgan fingerprint density at radius 1 is 1.45 bits per heavy atom. The Bertz CT molecular complexity index is 649. The molecule has 3 rings (SSSR count). The first-order valence-corrected chi connectivity index (χ1v) is 8.71. The van der Waals surface area contributed by atoms with Crippen LogP contribution in [0.5, 0.6) is 0 Å². The highest BCUT2D eigenvalue weighted by atomic mass is 32.1. The van der Waals surface area contributed by atoms with Gasteiger partial charge in [-0.1, -0.05) is 0 Å². The van der Waals surface area contributed by atoms with Crippen molar-refractivity contribution in [2.45, 2.75) is 45.6 Å². The minimum Gasteiger partial charge on any atom is -0.340 e. The number of thiophene rings is 1. The molecule has 0 saturated carbocycles. The van der Waals surface area contributed by atoms with E-state index in [2.05, 4.69) is 15.5 Å². The number of nitrogens with zero attached hydrogens (tertiary/aromatic N) is 4. The molecule has 22 heavy (non-hydrogen) atoms. The number of amides is 1. The number of hydrogen-bond acceptors (Lipinski definition) is 4. The van der Waals surface area contributed by atoms with E-state index in [1.54, 1.807) is 11.3 Å². The highest BCUT2D eigenvalue weighted by molar-refractivity contribution is 7.08. The van der Waals surface area contributed by atoms with Gasteiger partial charge in [-0.05, 0) is 56.0 Å². The van der Waals surface area contributed by atoms with Crippen LogP contribution in [0.2, 0.25) is 0 Å². The van der Waals surface area contributed by atoms with Crippen molar-refractivity contribution >= 4 is 17.2 Å². The van der Waals surface area contributed by atoms with Gasteiger partial charge in [0.2, 0.25) is 5.91 Å². The molecule has 1 aliphatic rings. The molecule has 0 aromatic carbocycles. The van der Waals surface area contributed by atoms with Crippen LogP contribution in [-0.4, -0.2) is 38.7 Å². The SMILES string of the molecule is Cc1nc(C)n(C2CCCN(C(=O)C(C)c3ccsc3)C2)n1. The normalized spacial score (nSPS) is 20.1. The van der Waals surface area contributed by atoms with Gasteiger partial charge in [-0.2, -0.15) is 16.4 Å². The fourth-order valence-electron chi connectivity index (χ4n) is 3.17. The topological polar surface area (TPSA) is 51.0 Å². The fourth-order valence-corrected chi connectivity index (χ4v) is 3.93. The summed E-state index contributed by atoms with van der Waals surface area (Å²) in [5, 5.41) is 8.58. The van der Waals surface area contributed by atoms with Crippen LogP contribution in [0.4, 0.5) is 0 Å². The number of aryl methyl sites for hydroxylation is 2. The van der Waals surface area contributed by atoms with Crippen molar-refractivity contribution in [2.75, 3.05) is 13.1 Å². The quantitative estimate of drug-likeness (QED) is 0.874. The lowest BCUT2D eigenvalue weighted by Gasteiger charge is -2.34. The van der Waals surface area contributed by atoms with Crippen LogP contribution in [0.15, 0.2) is 16.8 Å². The van der Waals surface area contributed by atoms with Crippen molar-refractivity contribution in [3.63, 3.8) is 0 Å². The Kier molecular flexibility index (Phi) is 4.29. The molecule has 1 amide bonds. The van der Waals surface area contributed by atoms with E-state index in [9.17, 15) is 4.79 Å². The molecular formula is C16H22N4OS. The lowest BCUT2D eigenvalue weighted by Crippen LogP contribution is -2.42. The third kappa shape index (κ3) is 2.92. The summed E-state index contributed by atoms with van der Waals surface area (Å²) in [7, 11) is 0. The van der Waals surface area contributed by atoms with Gasteiger partial charge in [-0.3, -0.25) is 4.79 Å². The van der Waals surface area contributed by atoms with Crippen LogP contribution in [0.3, 0.4) is 0 Å². The molecule has 5 nitrogen and oxygen atoms in total. The molecule has 2 aromatic rings. The maximum Gasteiger partial charge on any atom is 0.229 e. The minimum absolute atomic E-state index is 0.0661. The van der Waals surface area contributed by atoms with Gasteiger partial charge in [0.05, 0.1) is 12.0 Å². The van der Waals surface area contributed by atoms with Gasteiger partial charge < -0.3 is 4.90 Å². The van der Waals surface area contributed by atoms with Gasteiger partial charge in [0, 0.05) is 13.1 Å². The second-order valence-corrected chi connectivity index (χ2v) is 6.79. The molecule has 3 heterocycles. The third-order valence-corrected chi connectivity index (χ3v) is 5.08. The number of likely N-dealkylation sites (tertiary alicyclic amines) is 1. The zero-order valence-corrected chi connectivity index (χ0v) is 14.1. The van der Waals surface area contributed by atoms with E-state index in [4.69, 9.17) is 0 Å². The van der Waals surface area contributed by atoms with Crippen molar-refractivity contribution in [3.8, 4) is 0 Å². The highest BCUT2D eigenvalue weighted by Crippen LogP contribution is 2.26. The molecule has 0 radical (unpaired) electrons. The van der Waals surface area contributed by atoms with Crippen LogP contribution >= 0.6 is 11.3 Å². The van der Waals surface area contributed by atoms with E-state index in [1.165, 1.54) is 0 Å². The fraction of sp³-hybridized carbons (Fsp3) is 0.562. The second-order valence-electron chi connectivity index (χ2n) is 6.01. The number of aromatic nitrogens is 3. The zero-order valence-electron chi connectivity index (χ0n) is 13.3. The predicted octanol–water partition coefficient (Wildman–Crippen LogP) is 2.92. The summed E-state index contributed by atoms with van der Waals surface area (Å²) >= 11 is 1.64. The summed E-state index contributed by atoms with van der Waals surface area (Å²) < 4.78 is 1.99. The minimum atomic E-state index is -0.0661. The first kappa shape index (κ1) is 15.2. The van der Waals surface area contributed by atoms with Crippen molar-refractivity contribution in [3.05, 3.63) is 34.0 Å². The van der Waals surface area contributed by atoms with Gasteiger partial charge >= 0.3 is 0 Å². The Labute approximate surface area is 135 Å². The van der Waals surface area contributed by atoms with E-state index in [1.807, 2.05) is 41.8 Å². The maximum atomic E-state index is 12.7. The highest BCUT2D eigenvalue weighted by Gasteiger charge is 2.29. The summed E-state index contributed by atoms with van der Waals surface area (Å²) in [5.74, 6) is 1.89. The Morgan fingerprint density at radius 3 is 2.91 bits per heavy atom. The van der Waals surface area contributed by atoms with E-state index in [0.29, 0.717) is 0 Å². The predicted molar refractivity (Wildman–Crippen MR) is 87.1 cm³/mol. The summed E-state index contributed by atoms with van der Waals surface area (Å²) in [5.41, 5.74) is 1.12.